The van der Waals surface area contributed by atoms with E-state index in [-0.39, 0.29) is 6.04 Å². The lowest BCUT2D eigenvalue weighted by Crippen LogP contribution is -2.08. The predicted molar refractivity (Wildman–Crippen MR) is 83.9 cm³/mol. The van der Waals surface area contributed by atoms with Gasteiger partial charge in [0.15, 0.2) is 5.82 Å². The van der Waals surface area contributed by atoms with Crippen molar-refractivity contribution >= 4 is 33.1 Å². The Labute approximate surface area is 122 Å². The second-order valence-corrected chi connectivity index (χ2v) is 5.89. The number of aromatic nitrogens is 2. The molecule has 102 valence electrons. The Morgan fingerprint density at radius 1 is 1.32 bits per heavy atom. The summed E-state index contributed by atoms with van der Waals surface area (Å²) in [5.41, 5.74) is 9.87. The van der Waals surface area contributed by atoms with E-state index in [2.05, 4.69) is 53.2 Å². The highest BCUT2D eigenvalue weighted by atomic mass is 79.9. The highest BCUT2D eigenvalue weighted by Gasteiger charge is 2.15. The molecule has 0 bridgehead atoms. The molecule has 4 nitrogen and oxygen atoms in total. The molecule has 0 aliphatic rings. The number of hydrogen-bond donors (Lipinski definition) is 2. The maximum absolute atomic E-state index is 6.11. The molecule has 2 rings (SSSR count). The van der Waals surface area contributed by atoms with Crippen LogP contribution in [0.2, 0.25) is 0 Å². The number of nitrogens with one attached hydrogen (secondary N) is 1. The lowest BCUT2D eigenvalue weighted by Gasteiger charge is -2.15. The van der Waals surface area contributed by atoms with E-state index in [0.717, 1.165) is 27.2 Å². The Bertz CT molecular complexity index is 602. The topological polar surface area (TPSA) is 55.9 Å². The summed E-state index contributed by atoms with van der Waals surface area (Å²) >= 11 is 3.47. The van der Waals surface area contributed by atoms with Gasteiger partial charge in [-0.25, -0.2) is 4.68 Å². The molecule has 0 aliphatic carbocycles. The lowest BCUT2D eigenvalue weighted by molar-refractivity contribution is 0.536. The summed E-state index contributed by atoms with van der Waals surface area (Å²) in [6.45, 7) is 8.16. The monoisotopic (exact) mass is 322 g/mol. The van der Waals surface area contributed by atoms with Crippen LogP contribution in [-0.2, 0) is 0 Å². The van der Waals surface area contributed by atoms with E-state index >= 15 is 0 Å². The standard InChI is InChI=1S/C14H19BrN4/c1-8(2)19-14(13(16)10(4)18-19)17-12-6-5-11(15)7-9(12)3/h5-8,17H,16H2,1-4H3. The van der Waals surface area contributed by atoms with Crippen molar-refractivity contribution in [3.8, 4) is 0 Å². The Kier molecular flexibility index (Phi) is 3.85. The van der Waals surface area contributed by atoms with Crippen LogP contribution in [0.4, 0.5) is 17.2 Å². The molecule has 0 radical (unpaired) electrons. The van der Waals surface area contributed by atoms with Crippen molar-refractivity contribution in [3.05, 3.63) is 33.9 Å². The Hall–Kier alpha value is -1.49. The van der Waals surface area contributed by atoms with Gasteiger partial charge in [0, 0.05) is 16.2 Å². The van der Waals surface area contributed by atoms with Crippen LogP contribution in [-0.4, -0.2) is 9.78 Å². The smallest absolute Gasteiger partial charge is 0.152 e. The average molecular weight is 323 g/mol. The number of hydrogen-bond acceptors (Lipinski definition) is 3. The molecule has 0 aliphatic heterocycles. The van der Waals surface area contributed by atoms with Gasteiger partial charge in [0.1, 0.15) is 0 Å². The van der Waals surface area contributed by atoms with E-state index < -0.39 is 0 Å². The van der Waals surface area contributed by atoms with Gasteiger partial charge in [-0.15, -0.1) is 0 Å². The normalized spacial score (nSPS) is 11.1. The van der Waals surface area contributed by atoms with E-state index in [1.807, 2.05) is 23.7 Å². The van der Waals surface area contributed by atoms with Crippen molar-refractivity contribution in [1.82, 2.24) is 9.78 Å². The maximum atomic E-state index is 6.11. The zero-order valence-electron chi connectivity index (χ0n) is 11.7. The maximum Gasteiger partial charge on any atom is 0.152 e. The molecule has 5 heteroatoms. The van der Waals surface area contributed by atoms with Crippen LogP contribution in [0.25, 0.3) is 0 Å². The quantitative estimate of drug-likeness (QED) is 0.891. The Morgan fingerprint density at radius 3 is 2.58 bits per heavy atom. The van der Waals surface area contributed by atoms with E-state index in [4.69, 9.17) is 5.73 Å². The third kappa shape index (κ3) is 2.76. The average Bonchev–Trinajstić information content (AvgIpc) is 2.61. The van der Waals surface area contributed by atoms with E-state index in [1.165, 1.54) is 0 Å². The molecular weight excluding hydrogens is 304 g/mol. The van der Waals surface area contributed by atoms with Crippen molar-refractivity contribution in [2.75, 3.05) is 11.1 Å². The number of nitrogen functional groups attached to an aromatic ring is 1. The molecule has 0 atom stereocenters. The molecule has 19 heavy (non-hydrogen) atoms. The highest BCUT2D eigenvalue weighted by Crippen LogP contribution is 2.30. The van der Waals surface area contributed by atoms with Gasteiger partial charge in [-0.2, -0.15) is 5.10 Å². The summed E-state index contributed by atoms with van der Waals surface area (Å²) in [5, 5.41) is 7.87. The largest absolute Gasteiger partial charge is 0.394 e. The van der Waals surface area contributed by atoms with Gasteiger partial charge in [-0.1, -0.05) is 15.9 Å². The van der Waals surface area contributed by atoms with E-state index in [0.29, 0.717) is 5.69 Å². The van der Waals surface area contributed by atoms with Gasteiger partial charge in [0.05, 0.1) is 11.4 Å². The van der Waals surface area contributed by atoms with Crippen LogP contribution in [0, 0.1) is 13.8 Å². The van der Waals surface area contributed by atoms with Gasteiger partial charge in [0.25, 0.3) is 0 Å². The molecule has 1 aromatic heterocycles. The van der Waals surface area contributed by atoms with Crippen LogP contribution in [0.1, 0.15) is 31.1 Å². The van der Waals surface area contributed by atoms with Crippen LogP contribution in [0.3, 0.4) is 0 Å². The molecule has 0 unspecified atom stereocenters. The van der Waals surface area contributed by atoms with Gasteiger partial charge in [-0.05, 0) is 51.5 Å². The fraction of sp³-hybridized carbons (Fsp3) is 0.357. The summed E-state index contributed by atoms with van der Waals surface area (Å²) in [4.78, 5) is 0. The zero-order valence-corrected chi connectivity index (χ0v) is 13.2. The third-order valence-electron chi connectivity index (χ3n) is 3.06. The summed E-state index contributed by atoms with van der Waals surface area (Å²) in [5.74, 6) is 0.859. The molecule has 1 aromatic carbocycles. The minimum atomic E-state index is 0.259. The summed E-state index contributed by atoms with van der Waals surface area (Å²) in [6, 6.07) is 6.37. The third-order valence-corrected chi connectivity index (χ3v) is 3.56. The van der Waals surface area contributed by atoms with Gasteiger partial charge in [-0.3, -0.25) is 0 Å². The number of halogens is 1. The number of anilines is 3. The summed E-state index contributed by atoms with van der Waals surface area (Å²) in [6.07, 6.45) is 0. The van der Waals surface area contributed by atoms with Crippen molar-refractivity contribution < 1.29 is 0 Å². The van der Waals surface area contributed by atoms with E-state index in [1.54, 1.807) is 0 Å². The number of nitrogens with zero attached hydrogens (tertiary/aromatic N) is 2. The van der Waals surface area contributed by atoms with Crippen LogP contribution < -0.4 is 11.1 Å². The highest BCUT2D eigenvalue weighted by molar-refractivity contribution is 9.10. The molecule has 0 spiro atoms. The summed E-state index contributed by atoms with van der Waals surface area (Å²) < 4.78 is 2.99. The van der Waals surface area contributed by atoms with E-state index in [9.17, 15) is 0 Å². The number of nitrogens with two attached hydrogens (primary N) is 1. The van der Waals surface area contributed by atoms with Gasteiger partial charge >= 0.3 is 0 Å². The van der Waals surface area contributed by atoms with Crippen molar-refractivity contribution in [1.29, 1.82) is 0 Å². The summed E-state index contributed by atoms with van der Waals surface area (Å²) in [7, 11) is 0. The molecule has 2 aromatic rings. The minimum Gasteiger partial charge on any atom is -0.394 e. The van der Waals surface area contributed by atoms with Gasteiger partial charge < -0.3 is 11.1 Å². The number of rotatable bonds is 3. The van der Waals surface area contributed by atoms with Gasteiger partial charge in [0.2, 0.25) is 0 Å². The first-order valence-electron chi connectivity index (χ1n) is 6.28. The second kappa shape index (κ2) is 5.25. The van der Waals surface area contributed by atoms with Crippen molar-refractivity contribution in [2.45, 2.75) is 33.7 Å². The fourth-order valence-corrected chi connectivity index (χ4v) is 2.43. The first-order chi connectivity index (χ1) is 8.90. The molecule has 0 fully saturated rings. The Morgan fingerprint density at radius 2 is 2.00 bits per heavy atom. The van der Waals surface area contributed by atoms with Crippen LogP contribution in [0.15, 0.2) is 22.7 Å². The molecule has 0 saturated carbocycles. The second-order valence-electron chi connectivity index (χ2n) is 4.97. The Balaban J connectivity index is 2.43. The van der Waals surface area contributed by atoms with Crippen molar-refractivity contribution in [3.63, 3.8) is 0 Å². The first kappa shape index (κ1) is 13.9. The predicted octanol–water partition coefficient (Wildman–Crippen LogP) is 4.17. The van der Waals surface area contributed by atoms with Crippen molar-refractivity contribution in [2.24, 2.45) is 0 Å². The van der Waals surface area contributed by atoms with Crippen LogP contribution >= 0.6 is 15.9 Å². The SMILES string of the molecule is Cc1cc(Br)ccc1Nc1c(N)c(C)nn1C(C)C. The first-order valence-corrected chi connectivity index (χ1v) is 7.07. The lowest BCUT2D eigenvalue weighted by atomic mass is 10.2. The zero-order chi connectivity index (χ0) is 14.2. The fourth-order valence-electron chi connectivity index (χ4n) is 1.95. The molecule has 0 amide bonds. The minimum absolute atomic E-state index is 0.259. The van der Waals surface area contributed by atoms with Crippen LogP contribution in [0.5, 0.6) is 0 Å². The molecule has 3 N–H and O–H groups in total. The molecule has 0 saturated heterocycles. The molecular formula is C14H19BrN4. The number of aryl methyl sites for hydroxylation is 2. The molecule has 1 heterocycles. The number of benzene rings is 1.